The Bertz CT molecular complexity index is 1010. The first-order chi connectivity index (χ1) is 13.1. The van der Waals surface area contributed by atoms with Crippen LogP contribution in [0.3, 0.4) is 0 Å². The van der Waals surface area contributed by atoms with Crippen LogP contribution in [-0.2, 0) is 13.0 Å². The van der Waals surface area contributed by atoms with Crippen LogP contribution in [0.15, 0.2) is 54.6 Å². The average molecular weight is 359 g/mol. The molecule has 3 heterocycles. The largest absolute Gasteiger partial charge is 0.329 e. The highest BCUT2D eigenvalue weighted by atomic mass is 16.2. The van der Waals surface area contributed by atoms with Crippen LogP contribution >= 0.6 is 0 Å². The maximum absolute atomic E-state index is 13.3. The number of nitrogens with zero attached hydrogens (tertiary/aromatic N) is 3. The molecule has 1 aromatic heterocycles. The summed E-state index contributed by atoms with van der Waals surface area (Å²) in [4.78, 5) is 17.9. The molecule has 2 aliphatic rings. The summed E-state index contributed by atoms with van der Waals surface area (Å²) in [6.07, 6.45) is 1.00. The van der Waals surface area contributed by atoms with Crippen LogP contribution < -0.4 is 0 Å². The smallest absolute Gasteiger partial charge is 0.320 e. The van der Waals surface area contributed by atoms with Gasteiger partial charge >= 0.3 is 6.03 Å². The topological polar surface area (TPSA) is 28.5 Å². The van der Waals surface area contributed by atoms with E-state index in [1.807, 2.05) is 15.5 Å². The molecule has 0 aliphatic carbocycles. The molecule has 0 bridgehead atoms. The second-order valence-corrected chi connectivity index (χ2v) is 7.97. The lowest BCUT2D eigenvalue weighted by Gasteiger charge is -2.44. The monoisotopic (exact) mass is 359 g/mol. The van der Waals surface area contributed by atoms with E-state index in [9.17, 15) is 4.79 Å². The van der Waals surface area contributed by atoms with Crippen molar-refractivity contribution in [1.82, 2.24) is 14.4 Å². The predicted octanol–water partition coefficient (Wildman–Crippen LogP) is 4.43. The van der Waals surface area contributed by atoms with Crippen molar-refractivity contribution in [3.8, 4) is 0 Å². The number of benzene rings is 2. The van der Waals surface area contributed by atoms with Gasteiger partial charge in [0, 0.05) is 31.1 Å². The highest BCUT2D eigenvalue weighted by Crippen LogP contribution is 2.41. The first kappa shape index (κ1) is 16.6. The number of fused-ring (bicyclic) bond motifs is 3. The van der Waals surface area contributed by atoms with Crippen LogP contribution in [0, 0.1) is 0 Å². The predicted molar refractivity (Wildman–Crippen MR) is 108 cm³/mol. The Balaban J connectivity index is 1.65. The van der Waals surface area contributed by atoms with E-state index >= 15 is 0 Å². The van der Waals surface area contributed by atoms with Gasteiger partial charge in [-0.1, -0.05) is 48.5 Å². The lowest BCUT2D eigenvalue weighted by molar-refractivity contribution is 0.0977. The van der Waals surface area contributed by atoms with Gasteiger partial charge in [0.25, 0.3) is 0 Å². The van der Waals surface area contributed by atoms with Gasteiger partial charge in [0.1, 0.15) is 0 Å². The van der Waals surface area contributed by atoms with Gasteiger partial charge in [-0.25, -0.2) is 4.79 Å². The fourth-order valence-corrected chi connectivity index (χ4v) is 4.76. The molecule has 1 unspecified atom stereocenters. The lowest BCUT2D eigenvalue weighted by atomic mass is 9.95. The summed E-state index contributed by atoms with van der Waals surface area (Å²) < 4.78 is 2.00. The van der Waals surface area contributed by atoms with E-state index in [2.05, 4.69) is 67.3 Å². The SMILES string of the molecule is CC(C)N1CC2c3c(c4ccccc4n3C1=O)CCN2Cc1ccccc1. The van der Waals surface area contributed by atoms with Crippen LogP contribution in [-0.4, -0.2) is 39.5 Å². The third-order valence-electron chi connectivity index (χ3n) is 6.08. The summed E-state index contributed by atoms with van der Waals surface area (Å²) >= 11 is 0. The van der Waals surface area contributed by atoms with Crippen molar-refractivity contribution in [2.75, 3.05) is 13.1 Å². The molecule has 138 valence electrons. The molecule has 2 aromatic carbocycles. The number of hydrogen-bond acceptors (Lipinski definition) is 2. The Morgan fingerprint density at radius 2 is 1.78 bits per heavy atom. The van der Waals surface area contributed by atoms with Crippen molar-refractivity contribution in [2.24, 2.45) is 0 Å². The van der Waals surface area contributed by atoms with E-state index < -0.39 is 0 Å². The first-order valence-electron chi connectivity index (χ1n) is 9.86. The Hall–Kier alpha value is -2.59. The molecule has 0 saturated carbocycles. The standard InChI is InChI=1S/C23H25N3O/c1-16(2)25-15-21-22-19(12-13-24(21)14-17-8-4-3-5-9-17)18-10-6-7-11-20(18)26(22)23(25)27/h3-11,16,21H,12-15H2,1-2H3. The zero-order valence-electron chi connectivity index (χ0n) is 15.9. The zero-order valence-corrected chi connectivity index (χ0v) is 15.9. The summed E-state index contributed by atoms with van der Waals surface area (Å²) in [7, 11) is 0. The number of carbonyl (C=O) groups is 1. The van der Waals surface area contributed by atoms with Crippen LogP contribution in [0.1, 0.15) is 36.7 Å². The van der Waals surface area contributed by atoms with Gasteiger partial charge in [0.2, 0.25) is 0 Å². The Morgan fingerprint density at radius 1 is 1.04 bits per heavy atom. The second kappa shape index (κ2) is 6.24. The second-order valence-electron chi connectivity index (χ2n) is 7.97. The Labute approximate surface area is 160 Å². The molecule has 2 aliphatic heterocycles. The van der Waals surface area contributed by atoms with Gasteiger partial charge in [-0.3, -0.25) is 9.47 Å². The molecule has 0 radical (unpaired) electrons. The molecule has 5 rings (SSSR count). The molecular formula is C23H25N3O. The van der Waals surface area contributed by atoms with Crippen molar-refractivity contribution < 1.29 is 4.79 Å². The maximum Gasteiger partial charge on any atom is 0.329 e. The van der Waals surface area contributed by atoms with Gasteiger partial charge in [-0.05, 0) is 37.5 Å². The minimum absolute atomic E-state index is 0.125. The van der Waals surface area contributed by atoms with E-state index in [-0.39, 0.29) is 18.1 Å². The molecule has 1 amide bonds. The minimum Gasteiger partial charge on any atom is -0.320 e. The minimum atomic E-state index is 0.125. The average Bonchev–Trinajstić information content (AvgIpc) is 3.02. The van der Waals surface area contributed by atoms with E-state index in [0.29, 0.717) is 0 Å². The molecule has 0 spiro atoms. The summed E-state index contributed by atoms with van der Waals surface area (Å²) in [5, 5.41) is 1.25. The van der Waals surface area contributed by atoms with Gasteiger partial charge in [-0.15, -0.1) is 0 Å². The quantitative estimate of drug-likeness (QED) is 0.692. The van der Waals surface area contributed by atoms with Crippen LogP contribution in [0.4, 0.5) is 4.79 Å². The summed E-state index contributed by atoms with van der Waals surface area (Å²) in [6, 6.07) is 19.6. The van der Waals surface area contributed by atoms with Crippen LogP contribution in [0.2, 0.25) is 0 Å². The van der Waals surface area contributed by atoms with Crippen molar-refractivity contribution in [3.63, 3.8) is 0 Å². The molecular weight excluding hydrogens is 334 g/mol. The highest BCUT2D eigenvalue weighted by molar-refractivity contribution is 5.96. The summed E-state index contributed by atoms with van der Waals surface area (Å²) in [5.74, 6) is 0. The van der Waals surface area contributed by atoms with Gasteiger partial charge in [0.05, 0.1) is 17.3 Å². The van der Waals surface area contributed by atoms with Crippen molar-refractivity contribution >= 4 is 16.9 Å². The van der Waals surface area contributed by atoms with E-state index in [4.69, 9.17) is 0 Å². The summed E-state index contributed by atoms with van der Waals surface area (Å²) in [5.41, 5.74) is 4.98. The third-order valence-corrected chi connectivity index (χ3v) is 6.08. The lowest BCUT2D eigenvalue weighted by Crippen LogP contribution is -2.52. The van der Waals surface area contributed by atoms with Crippen molar-refractivity contribution in [2.45, 2.75) is 38.9 Å². The third kappa shape index (κ3) is 2.51. The van der Waals surface area contributed by atoms with E-state index in [1.165, 1.54) is 22.2 Å². The molecule has 3 aromatic rings. The molecule has 27 heavy (non-hydrogen) atoms. The van der Waals surface area contributed by atoms with Crippen LogP contribution in [0.25, 0.3) is 10.9 Å². The van der Waals surface area contributed by atoms with Gasteiger partial charge in [0.15, 0.2) is 0 Å². The molecule has 0 saturated heterocycles. The van der Waals surface area contributed by atoms with Crippen molar-refractivity contribution in [3.05, 3.63) is 71.4 Å². The zero-order chi connectivity index (χ0) is 18.5. The van der Waals surface area contributed by atoms with Gasteiger partial charge in [-0.2, -0.15) is 0 Å². The number of rotatable bonds is 3. The fourth-order valence-electron chi connectivity index (χ4n) is 4.76. The van der Waals surface area contributed by atoms with Gasteiger partial charge < -0.3 is 4.90 Å². The number of hydrogen-bond donors (Lipinski definition) is 0. The van der Waals surface area contributed by atoms with E-state index in [0.717, 1.165) is 31.6 Å². The molecule has 4 heteroatoms. The summed E-state index contributed by atoms with van der Waals surface area (Å²) in [6.45, 7) is 6.94. The molecule has 4 nitrogen and oxygen atoms in total. The first-order valence-corrected chi connectivity index (χ1v) is 9.86. The van der Waals surface area contributed by atoms with Crippen molar-refractivity contribution in [1.29, 1.82) is 0 Å². The Kier molecular flexibility index (Phi) is 3.83. The van der Waals surface area contributed by atoms with Crippen LogP contribution in [0.5, 0.6) is 0 Å². The Morgan fingerprint density at radius 3 is 2.56 bits per heavy atom. The molecule has 0 N–H and O–H groups in total. The fraction of sp³-hybridized carbons (Fsp3) is 0.348. The maximum atomic E-state index is 13.3. The normalized spacial score (nSPS) is 19.7. The number of amides is 1. The number of aromatic nitrogens is 1. The number of carbonyl (C=O) groups excluding carboxylic acids is 1. The molecule has 1 atom stereocenters. The number of para-hydroxylation sites is 1. The molecule has 0 fully saturated rings. The van der Waals surface area contributed by atoms with E-state index in [1.54, 1.807) is 0 Å². The highest BCUT2D eigenvalue weighted by Gasteiger charge is 2.41.